The van der Waals surface area contributed by atoms with Crippen LogP contribution in [0.25, 0.3) is 27.6 Å². The topological polar surface area (TPSA) is 21.1 Å². The summed E-state index contributed by atoms with van der Waals surface area (Å²) in [5, 5.41) is 1.38. The molecule has 2 heterocycles. The third-order valence-electron chi connectivity index (χ3n) is 5.30. The second-order valence-corrected chi connectivity index (χ2v) is 7.49. The van der Waals surface area contributed by atoms with Gasteiger partial charge in [-0.3, -0.25) is 4.98 Å². The molecule has 0 saturated carbocycles. The van der Waals surface area contributed by atoms with Crippen LogP contribution in [0.1, 0.15) is 31.2 Å². The zero-order chi connectivity index (χ0) is 17.9. The van der Waals surface area contributed by atoms with Gasteiger partial charge in [0.1, 0.15) is 0 Å². The van der Waals surface area contributed by atoms with Gasteiger partial charge in [-0.2, -0.15) is 0 Å². The summed E-state index contributed by atoms with van der Waals surface area (Å²) in [4.78, 5) is 6.53. The van der Waals surface area contributed by atoms with Gasteiger partial charge in [-0.05, 0) is 63.0 Å². The largest absolute Gasteiger partial charge is 0.346 e. The fourth-order valence-corrected chi connectivity index (χ4v) is 3.84. The smallest absolute Gasteiger partial charge is 0.0493 e. The van der Waals surface area contributed by atoms with E-state index in [-0.39, 0.29) is 0 Å². The van der Waals surface area contributed by atoms with E-state index in [1.807, 2.05) is 18.5 Å². The number of allylic oxidation sites excluding steroid dienone is 2. The number of rotatable bonds is 5. The van der Waals surface area contributed by atoms with Gasteiger partial charge in [0.05, 0.1) is 0 Å². The molecule has 3 heteroatoms. The third kappa shape index (κ3) is 3.45. The summed E-state index contributed by atoms with van der Waals surface area (Å²) in [6.45, 7) is 2.05. The Morgan fingerprint density at radius 1 is 1.12 bits per heavy atom. The van der Waals surface area contributed by atoms with E-state index in [1.54, 1.807) is 0 Å². The molecule has 0 spiro atoms. The number of hydrogen-bond donors (Lipinski definition) is 0. The summed E-state index contributed by atoms with van der Waals surface area (Å²) in [7, 11) is 4.27. The van der Waals surface area contributed by atoms with E-state index in [1.165, 1.54) is 58.8 Å². The number of benzene rings is 1. The van der Waals surface area contributed by atoms with Crippen molar-refractivity contribution in [2.75, 3.05) is 20.6 Å². The van der Waals surface area contributed by atoms with Gasteiger partial charge in [0, 0.05) is 53.7 Å². The van der Waals surface area contributed by atoms with Gasteiger partial charge in [-0.25, -0.2) is 0 Å². The van der Waals surface area contributed by atoms with Crippen LogP contribution in [0.15, 0.2) is 55.0 Å². The number of aromatic nitrogens is 2. The first-order valence-electron chi connectivity index (χ1n) is 9.60. The van der Waals surface area contributed by atoms with Crippen molar-refractivity contribution >= 4 is 16.5 Å². The molecule has 3 aromatic rings. The lowest BCUT2D eigenvalue weighted by Gasteiger charge is -2.12. The molecule has 3 nitrogen and oxygen atoms in total. The van der Waals surface area contributed by atoms with Gasteiger partial charge >= 0.3 is 0 Å². The van der Waals surface area contributed by atoms with E-state index in [0.29, 0.717) is 0 Å². The fourth-order valence-electron chi connectivity index (χ4n) is 3.84. The summed E-state index contributed by atoms with van der Waals surface area (Å²) >= 11 is 0. The van der Waals surface area contributed by atoms with Gasteiger partial charge < -0.3 is 9.47 Å². The molecule has 0 saturated heterocycles. The molecule has 0 N–H and O–H groups in total. The molecule has 0 aliphatic heterocycles. The van der Waals surface area contributed by atoms with E-state index in [4.69, 9.17) is 0 Å². The maximum absolute atomic E-state index is 4.28. The van der Waals surface area contributed by atoms with E-state index in [0.717, 1.165) is 13.1 Å². The molecule has 0 atom stereocenters. The third-order valence-corrected chi connectivity index (χ3v) is 5.30. The highest BCUT2D eigenvalue weighted by Crippen LogP contribution is 2.35. The second-order valence-electron chi connectivity index (χ2n) is 7.49. The number of hydrogen-bond acceptors (Lipinski definition) is 2. The van der Waals surface area contributed by atoms with Crippen LogP contribution in [0.2, 0.25) is 0 Å². The lowest BCUT2D eigenvalue weighted by molar-refractivity contribution is 0.387. The Hall–Kier alpha value is -2.39. The molecule has 1 aliphatic rings. The first-order chi connectivity index (χ1) is 12.7. The first kappa shape index (κ1) is 17.0. The Labute approximate surface area is 156 Å². The molecule has 1 aliphatic carbocycles. The zero-order valence-corrected chi connectivity index (χ0v) is 15.8. The maximum Gasteiger partial charge on any atom is 0.0493 e. The quantitative estimate of drug-likeness (QED) is 0.632. The standard InChI is InChI=1S/C23H27N3/c1-25(2)13-14-26-17-22(18-7-4-3-5-8-18)21-11-10-19(15-23(21)26)20-9-6-12-24-16-20/h6-7,9-12,15-17H,3-5,8,13-14H2,1-2H3. The van der Waals surface area contributed by atoms with E-state index < -0.39 is 0 Å². The maximum atomic E-state index is 4.28. The Kier molecular flexibility index (Phi) is 4.89. The van der Waals surface area contributed by atoms with E-state index in [2.05, 4.69) is 65.1 Å². The Balaban J connectivity index is 1.82. The van der Waals surface area contributed by atoms with Crippen LogP contribution < -0.4 is 0 Å². The molecule has 26 heavy (non-hydrogen) atoms. The van der Waals surface area contributed by atoms with Crippen molar-refractivity contribution in [3.8, 4) is 11.1 Å². The fraction of sp³-hybridized carbons (Fsp3) is 0.348. The van der Waals surface area contributed by atoms with Crippen molar-refractivity contribution < 1.29 is 0 Å². The average Bonchev–Trinajstić information content (AvgIpc) is 3.06. The molecule has 1 aromatic carbocycles. The summed E-state index contributed by atoms with van der Waals surface area (Å²) in [5.41, 5.74) is 6.69. The molecule has 4 rings (SSSR count). The first-order valence-corrected chi connectivity index (χ1v) is 9.60. The highest BCUT2D eigenvalue weighted by atomic mass is 15.1. The second kappa shape index (κ2) is 7.46. The van der Waals surface area contributed by atoms with Crippen LogP contribution >= 0.6 is 0 Å². The molecule has 2 aromatic heterocycles. The minimum atomic E-state index is 1.01. The van der Waals surface area contributed by atoms with Crippen molar-refractivity contribution in [2.45, 2.75) is 32.2 Å². The monoisotopic (exact) mass is 345 g/mol. The lowest BCUT2D eigenvalue weighted by Crippen LogP contribution is -2.17. The molecule has 134 valence electrons. The number of likely N-dealkylation sites (N-methyl/N-ethyl adjacent to an activating group) is 1. The van der Waals surface area contributed by atoms with Crippen LogP contribution in [-0.4, -0.2) is 35.1 Å². The predicted molar refractivity (Wildman–Crippen MR) is 110 cm³/mol. The number of pyridine rings is 1. The number of nitrogens with zero attached hydrogens (tertiary/aromatic N) is 3. The predicted octanol–water partition coefficient (Wildman–Crippen LogP) is 5.22. The highest BCUT2D eigenvalue weighted by molar-refractivity contribution is 5.95. The Morgan fingerprint density at radius 3 is 2.77 bits per heavy atom. The van der Waals surface area contributed by atoms with E-state index >= 15 is 0 Å². The minimum Gasteiger partial charge on any atom is -0.346 e. The Morgan fingerprint density at radius 2 is 2.04 bits per heavy atom. The SMILES string of the molecule is CN(C)CCn1cc(C2=CCCCC2)c2ccc(-c3cccnc3)cc21. The molecular weight excluding hydrogens is 318 g/mol. The van der Waals surface area contributed by atoms with Crippen LogP contribution in [0.5, 0.6) is 0 Å². The normalized spacial score (nSPS) is 14.8. The molecule has 0 unspecified atom stereocenters. The summed E-state index contributed by atoms with van der Waals surface area (Å²) < 4.78 is 2.43. The summed E-state index contributed by atoms with van der Waals surface area (Å²) in [6.07, 6.45) is 13.7. The number of fused-ring (bicyclic) bond motifs is 1. The molecule has 0 radical (unpaired) electrons. The molecular formula is C23H27N3. The van der Waals surface area contributed by atoms with Crippen LogP contribution in [0.3, 0.4) is 0 Å². The van der Waals surface area contributed by atoms with Crippen molar-refractivity contribution in [2.24, 2.45) is 0 Å². The van der Waals surface area contributed by atoms with Crippen LogP contribution in [0, 0.1) is 0 Å². The molecule has 0 bridgehead atoms. The van der Waals surface area contributed by atoms with Crippen molar-refractivity contribution in [3.63, 3.8) is 0 Å². The zero-order valence-electron chi connectivity index (χ0n) is 15.8. The summed E-state index contributed by atoms with van der Waals surface area (Å²) in [5.74, 6) is 0. The van der Waals surface area contributed by atoms with Gasteiger partial charge in [-0.1, -0.05) is 24.3 Å². The van der Waals surface area contributed by atoms with Crippen molar-refractivity contribution in [3.05, 3.63) is 60.6 Å². The van der Waals surface area contributed by atoms with Crippen molar-refractivity contribution in [1.82, 2.24) is 14.5 Å². The highest BCUT2D eigenvalue weighted by Gasteiger charge is 2.15. The van der Waals surface area contributed by atoms with Crippen LogP contribution in [0.4, 0.5) is 0 Å². The minimum absolute atomic E-state index is 1.01. The van der Waals surface area contributed by atoms with Crippen molar-refractivity contribution in [1.29, 1.82) is 0 Å². The van der Waals surface area contributed by atoms with Gasteiger partial charge in [0.25, 0.3) is 0 Å². The molecule has 0 fully saturated rings. The Bertz CT molecular complexity index is 919. The van der Waals surface area contributed by atoms with Gasteiger partial charge in [-0.15, -0.1) is 0 Å². The lowest BCUT2D eigenvalue weighted by atomic mass is 9.93. The average molecular weight is 345 g/mol. The van der Waals surface area contributed by atoms with E-state index in [9.17, 15) is 0 Å². The van der Waals surface area contributed by atoms with Crippen LogP contribution in [-0.2, 0) is 6.54 Å². The van der Waals surface area contributed by atoms with Gasteiger partial charge in [0.2, 0.25) is 0 Å². The summed E-state index contributed by atoms with van der Waals surface area (Å²) in [6, 6.07) is 11.0. The van der Waals surface area contributed by atoms with Gasteiger partial charge in [0.15, 0.2) is 0 Å². The molecule has 0 amide bonds.